The molecule has 192 valence electrons. The summed E-state index contributed by atoms with van der Waals surface area (Å²) in [6, 6.07) is 19.0. The fraction of sp³-hybridized carbons (Fsp3) is 0.160. The normalized spacial score (nSPS) is 11.8. The number of benzene rings is 3. The first kappa shape index (κ1) is 27.2. The fourth-order valence-corrected chi connectivity index (χ4v) is 4.15. The van der Waals surface area contributed by atoms with Crippen LogP contribution in [0.15, 0.2) is 83.8 Å². The molecule has 0 bridgehead atoms. The van der Waals surface area contributed by atoms with Crippen molar-refractivity contribution in [1.29, 1.82) is 0 Å². The predicted molar refractivity (Wildman–Crippen MR) is 132 cm³/mol. The summed E-state index contributed by atoms with van der Waals surface area (Å²) >= 11 is 0. The number of Topliss-reactive ketones (excluding diaryl/α,β-unsaturated/α-hetero) is 1. The van der Waals surface area contributed by atoms with Gasteiger partial charge in [-0.25, -0.2) is 13.1 Å². The molecule has 3 rings (SSSR count). The van der Waals surface area contributed by atoms with Crippen molar-refractivity contribution in [3.63, 3.8) is 0 Å². The molecular weight excluding hydrogens is 502 g/mol. The van der Waals surface area contributed by atoms with Gasteiger partial charge in [-0.1, -0.05) is 48.0 Å². The smallest absolute Gasteiger partial charge is 0.326 e. The molecular formula is C25H23N3O8S. The molecule has 0 heterocycles. The van der Waals surface area contributed by atoms with E-state index in [2.05, 4.69) is 10.0 Å². The Morgan fingerprint density at radius 2 is 1.54 bits per heavy atom. The van der Waals surface area contributed by atoms with E-state index in [0.717, 1.165) is 5.56 Å². The lowest BCUT2D eigenvalue weighted by Gasteiger charge is -2.18. The summed E-state index contributed by atoms with van der Waals surface area (Å²) < 4.78 is 32.1. The standard InChI is InChI=1S/C25H23N3O8S/c1-17-7-13-21(14-8-17)37(34,35)27-15-22(29)26-16-23(30)36-25(24(31)18-5-3-2-4-6-18)19-9-11-20(12-10-19)28(32)33/h2-14,25,27H,15-16H2,1H3,(H,26,29)/t25-/m0/s1. The summed E-state index contributed by atoms with van der Waals surface area (Å²) in [5.41, 5.74) is 1.10. The fourth-order valence-electron chi connectivity index (χ4n) is 3.17. The zero-order chi connectivity index (χ0) is 27.0. The van der Waals surface area contributed by atoms with Crippen LogP contribution in [0.5, 0.6) is 0 Å². The number of nitro groups is 1. The number of carbonyl (C=O) groups excluding carboxylic acids is 3. The molecule has 2 N–H and O–H groups in total. The van der Waals surface area contributed by atoms with Gasteiger partial charge in [-0.2, -0.15) is 0 Å². The molecule has 0 fully saturated rings. The van der Waals surface area contributed by atoms with Crippen LogP contribution in [0.25, 0.3) is 0 Å². The first-order chi connectivity index (χ1) is 17.6. The molecule has 37 heavy (non-hydrogen) atoms. The van der Waals surface area contributed by atoms with Gasteiger partial charge in [0.25, 0.3) is 5.69 Å². The summed E-state index contributed by atoms with van der Waals surface area (Å²) in [5, 5.41) is 13.2. The highest BCUT2D eigenvalue weighted by atomic mass is 32.2. The Morgan fingerprint density at radius 3 is 2.14 bits per heavy atom. The topological polar surface area (TPSA) is 162 Å². The number of nitrogens with zero attached hydrogens (tertiary/aromatic N) is 1. The second kappa shape index (κ2) is 12.0. The van der Waals surface area contributed by atoms with E-state index in [1.54, 1.807) is 37.3 Å². The molecule has 0 radical (unpaired) electrons. The maximum atomic E-state index is 13.0. The van der Waals surface area contributed by atoms with Crippen LogP contribution in [-0.4, -0.2) is 44.1 Å². The number of hydrogen-bond donors (Lipinski definition) is 2. The van der Waals surface area contributed by atoms with Crippen LogP contribution >= 0.6 is 0 Å². The molecule has 1 atom stereocenters. The van der Waals surface area contributed by atoms with Gasteiger partial charge in [0.2, 0.25) is 21.7 Å². The highest BCUT2D eigenvalue weighted by Crippen LogP contribution is 2.25. The van der Waals surface area contributed by atoms with Crippen LogP contribution in [-0.2, 0) is 24.3 Å². The molecule has 0 saturated heterocycles. The largest absolute Gasteiger partial charge is 0.448 e. The number of ether oxygens (including phenoxy) is 1. The van der Waals surface area contributed by atoms with E-state index in [9.17, 15) is 32.9 Å². The van der Waals surface area contributed by atoms with Gasteiger partial charge in [0, 0.05) is 23.3 Å². The minimum absolute atomic E-state index is 0.0179. The SMILES string of the molecule is Cc1ccc(S(=O)(=O)NCC(=O)NCC(=O)O[C@H](C(=O)c2ccccc2)c2ccc([N+](=O)[O-])cc2)cc1. The van der Waals surface area contributed by atoms with Gasteiger partial charge in [0.15, 0.2) is 6.10 Å². The number of amides is 1. The lowest BCUT2D eigenvalue weighted by atomic mass is 9.99. The van der Waals surface area contributed by atoms with Crippen LogP contribution in [0.3, 0.4) is 0 Å². The Balaban J connectivity index is 1.63. The minimum Gasteiger partial charge on any atom is -0.448 e. The van der Waals surface area contributed by atoms with Gasteiger partial charge in [-0.05, 0) is 31.2 Å². The van der Waals surface area contributed by atoms with Crippen molar-refractivity contribution >= 4 is 33.4 Å². The quantitative estimate of drug-likeness (QED) is 0.167. The van der Waals surface area contributed by atoms with Gasteiger partial charge >= 0.3 is 5.97 Å². The number of hydrogen-bond acceptors (Lipinski definition) is 8. The molecule has 0 aromatic heterocycles. The number of esters is 1. The van der Waals surface area contributed by atoms with Crippen molar-refractivity contribution in [2.24, 2.45) is 0 Å². The first-order valence-electron chi connectivity index (χ1n) is 10.9. The number of nitro benzene ring substituents is 1. The molecule has 0 spiro atoms. The summed E-state index contributed by atoms with van der Waals surface area (Å²) in [6.45, 7) is 0.533. The molecule has 0 unspecified atom stereocenters. The van der Waals surface area contributed by atoms with Gasteiger partial charge in [0.1, 0.15) is 6.54 Å². The van der Waals surface area contributed by atoms with Crippen LogP contribution in [0.1, 0.15) is 27.6 Å². The van der Waals surface area contributed by atoms with Gasteiger partial charge in [0.05, 0.1) is 16.4 Å². The van der Waals surface area contributed by atoms with E-state index >= 15 is 0 Å². The molecule has 3 aromatic rings. The van der Waals surface area contributed by atoms with Gasteiger partial charge in [-0.3, -0.25) is 24.5 Å². The molecule has 0 saturated carbocycles. The molecule has 11 nitrogen and oxygen atoms in total. The third-order valence-corrected chi connectivity index (χ3v) is 6.55. The van der Waals surface area contributed by atoms with E-state index < -0.39 is 51.8 Å². The average Bonchev–Trinajstić information content (AvgIpc) is 2.90. The molecule has 0 aliphatic rings. The Bertz CT molecular complexity index is 1390. The first-order valence-corrected chi connectivity index (χ1v) is 12.4. The molecule has 1 amide bonds. The number of sulfonamides is 1. The Morgan fingerprint density at radius 1 is 0.919 bits per heavy atom. The summed E-state index contributed by atoms with van der Waals surface area (Å²) in [4.78, 5) is 47.9. The van der Waals surface area contributed by atoms with E-state index in [4.69, 9.17) is 4.74 Å². The molecule has 12 heteroatoms. The number of ketones is 1. The van der Waals surface area contributed by atoms with Crippen molar-refractivity contribution in [2.75, 3.05) is 13.1 Å². The van der Waals surface area contributed by atoms with E-state index in [-0.39, 0.29) is 21.7 Å². The van der Waals surface area contributed by atoms with Crippen molar-refractivity contribution in [3.05, 3.63) is 106 Å². The highest BCUT2D eigenvalue weighted by Gasteiger charge is 2.27. The van der Waals surface area contributed by atoms with Gasteiger partial charge in [-0.15, -0.1) is 0 Å². The Kier molecular flexibility index (Phi) is 8.82. The zero-order valence-electron chi connectivity index (χ0n) is 19.6. The Labute approximate surface area is 212 Å². The number of rotatable bonds is 11. The lowest BCUT2D eigenvalue weighted by molar-refractivity contribution is -0.384. The second-order valence-corrected chi connectivity index (χ2v) is 9.63. The van der Waals surface area contributed by atoms with Crippen molar-refractivity contribution in [3.8, 4) is 0 Å². The van der Waals surface area contributed by atoms with Crippen LogP contribution in [0.4, 0.5) is 5.69 Å². The third-order valence-electron chi connectivity index (χ3n) is 5.14. The van der Waals surface area contributed by atoms with Crippen LogP contribution < -0.4 is 10.0 Å². The monoisotopic (exact) mass is 525 g/mol. The van der Waals surface area contributed by atoms with Crippen LogP contribution in [0, 0.1) is 17.0 Å². The summed E-state index contributed by atoms with van der Waals surface area (Å²) in [6.07, 6.45) is -1.42. The number of carbonyl (C=O) groups is 3. The zero-order valence-corrected chi connectivity index (χ0v) is 20.4. The lowest BCUT2D eigenvalue weighted by Crippen LogP contribution is -2.39. The maximum absolute atomic E-state index is 13.0. The van der Waals surface area contributed by atoms with E-state index in [1.165, 1.54) is 48.5 Å². The van der Waals surface area contributed by atoms with Crippen molar-refractivity contribution in [1.82, 2.24) is 10.0 Å². The number of non-ortho nitro benzene ring substituents is 1. The Hall–Kier alpha value is -4.42. The predicted octanol–water partition coefficient (Wildman–Crippen LogP) is 2.47. The van der Waals surface area contributed by atoms with Crippen molar-refractivity contribution < 1.29 is 32.5 Å². The highest BCUT2D eigenvalue weighted by molar-refractivity contribution is 7.89. The average molecular weight is 526 g/mol. The molecule has 3 aromatic carbocycles. The molecule has 0 aliphatic carbocycles. The summed E-state index contributed by atoms with van der Waals surface area (Å²) in [5.74, 6) is -2.34. The maximum Gasteiger partial charge on any atom is 0.326 e. The number of aryl methyl sites for hydroxylation is 1. The van der Waals surface area contributed by atoms with E-state index in [0.29, 0.717) is 0 Å². The molecule has 0 aliphatic heterocycles. The van der Waals surface area contributed by atoms with Crippen LogP contribution in [0.2, 0.25) is 0 Å². The van der Waals surface area contributed by atoms with Gasteiger partial charge < -0.3 is 10.1 Å². The second-order valence-electron chi connectivity index (χ2n) is 7.86. The summed E-state index contributed by atoms with van der Waals surface area (Å²) in [7, 11) is -3.94. The van der Waals surface area contributed by atoms with Crippen molar-refractivity contribution in [2.45, 2.75) is 17.9 Å². The number of nitrogens with one attached hydrogen (secondary N) is 2. The minimum atomic E-state index is -3.94. The third kappa shape index (κ3) is 7.53. The van der Waals surface area contributed by atoms with E-state index in [1.807, 2.05) is 0 Å².